The molecule has 0 aliphatic carbocycles. The second-order valence-corrected chi connectivity index (χ2v) is 7.61. The van der Waals surface area contributed by atoms with Crippen molar-refractivity contribution in [2.45, 2.75) is 130 Å². The molecule has 0 heterocycles. The van der Waals surface area contributed by atoms with Gasteiger partial charge in [-0.1, -0.05) is 89.2 Å². The summed E-state index contributed by atoms with van der Waals surface area (Å²) in [4.78, 5) is 11.4. The highest BCUT2D eigenvalue weighted by atomic mass is 17.0. The van der Waals surface area contributed by atoms with Crippen LogP contribution in [0.3, 0.4) is 0 Å². The van der Waals surface area contributed by atoms with Gasteiger partial charge in [0.05, 0.1) is 18.8 Å². The molecule has 0 aromatic rings. The number of unbranched alkanes of at least 4 members (excludes halogenated alkanes) is 12. The number of hydrogen-bond donors (Lipinski definition) is 0. The molecule has 0 aromatic heterocycles. The molecule has 0 amide bonds. The van der Waals surface area contributed by atoms with Crippen molar-refractivity contribution in [2.75, 3.05) is 6.54 Å². The summed E-state index contributed by atoms with van der Waals surface area (Å²) < 4.78 is 0. The topological polar surface area (TPSA) is 21.7 Å². The molecule has 0 aliphatic rings. The van der Waals surface area contributed by atoms with E-state index < -0.39 is 0 Å². The molecule has 0 unspecified atom stereocenters. The quantitative estimate of drug-likeness (QED) is 0.196. The van der Waals surface area contributed by atoms with Crippen molar-refractivity contribution < 1.29 is 9.68 Å². The van der Waals surface area contributed by atoms with Crippen LogP contribution in [-0.2, 0) is 9.68 Å². The monoisotopic (exact) mass is 343 g/mol. The van der Waals surface area contributed by atoms with Crippen molar-refractivity contribution in [2.24, 2.45) is 0 Å². The van der Waals surface area contributed by atoms with Gasteiger partial charge in [0.25, 0.3) is 0 Å². The lowest BCUT2D eigenvalue weighted by Gasteiger charge is -2.24. The molecule has 0 aliphatic heterocycles. The summed E-state index contributed by atoms with van der Waals surface area (Å²) in [5.41, 5.74) is 0. The minimum absolute atomic E-state index is 0.172. The van der Waals surface area contributed by atoms with Crippen LogP contribution < -0.4 is 0 Å². The summed E-state index contributed by atoms with van der Waals surface area (Å²) in [6.07, 6.45) is 18.3. The van der Waals surface area contributed by atoms with Crippen LogP contribution in [0.15, 0.2) is 0 Å². The molecular formula is C21H45NO2. The first-order chi connectivity index (χ1) is 11.6. The Morgan fingerprint density at radius 3 is 1.21 bits per heavy atom. The lowest BCUT2D eigenvalue weighted by Crippen LogP contribution is -2.31. The van der Waals surface area contributed by atoms with E-state index in [1.54, 1.807) is 5.23 Å². The zero-order chi connectivity index (χ0) is 18.0. The molecule has 0 fully saturated rings. The second kappa shape index (κ2) is 17.7. The minimum atomic E-state index is 0.172. The van der Waals surface area contributed by atoms with Crippen molar-refractivity contribution in [3.63, 3.8) is 0 Å². The highest BCUT2D eigenvalue weighted by Gasteiger charge is 2.10. The maximum atomic E-state index is 5.68. The summed E-state index contributed by atoms with van der Waals surface area (Å²) in [6, 6.07) is 0. The maximum absolute atomic E-state index is 5.68. The van der Waals surface area contributed by atoms with Gasteiger partial charge in [0.1, 0.15) is 0 Å². The first-order valence-corrected chi connectivity index (χ1v) is 10.7. The molecule has 0 bridgehead atoms. The van der Waals surface area contributed by atoms with Crippen molar-refractivity contribution in [1.29, 1.82) is 0 Å². The molecule has 0 N–H and O–H groups in total. The summed E-state index contributed by atoms with van der Waals surface area (Å²) in [7, 11) is 0. The highest BCUT2D eigenvalue weighted by molar-refractivity contribution is 4.49. The van der Waals surface area contributed by atoms with Gasteiger partial charge in [0.15, 0.2) is 0 Å². The summed E-state index contributed by atoms with van der Waals surface area (Å²) in [5.74, 6) is 0. The van der Waals surface area contributed by atoms with Gasteiger partial charge in [-0.15, -0.1) is 0 Å². The molecule has 0 saturated heterocycles. The summed E-state index contributed by atoms with van der Waals surface area (Å²) >= 11 is 0. The fourth-order valence-corrected chi connectivity index (χ4v) is 2.86. The van der Waals surface area contributed by atoms with Crippen LogP contribution in [0.1, 0.15) is 118 Å². The Bertz CT molecular complexity index is 234. The van der Waals surface area contributed by atoms with Gasteiger partial charge in [-0.2, -0.15) is 0 Å². The van der Waals surface area contributed by atoms with E-state index in [-0.39, 0.29) is 12.2 Å². The molecule has 0 spiro atoms. The van der Waals surface area contributed by atoms with Crippen LogP contribution in [-0.4, -0.2) is 24.0 Å². The average molecular weight is 344 g/mol. The van der Waals surface area contributed by atoms with Gasteiger partial charge < -0.3 is 0 Å². The van der Waals surface area contributed by atoms with E-state index in [9.17, 15) is 0 Å². The minimum Gasteiger partial charge on any atom is -0.271 e. The van der Waals surface area contributed by atoms with Gasteiger partial charge >= 0.3 is 0 Å². The predicted molar refractivity (Wildman–Crippen MR) is 105 cm³/mol. The molecule has 24 heavy (non-hydrogen) atoms. The third-order valence-electron chi connectivity index (χ3n) is 4.10. The van der Waals surface area contributed by atoms with E-state index in [0.29, 0.717) is 0 Å². The van der Waals surface area contributed by atoms with Gasteiger partial charge in [-0.25, -0.2) is 0 Å². The highest BCUT2D eigenvalue weighted by Crippen LogP contribution is 2.13. The molecular weight excluding hydrogens is 298 g/mol. The fraction of sp³-hybridized carbons (Fsp3) is 1.00. The van der Waals surface area contributed by atoms with Crippen LogP contribution in [0.4, 0.5) is 0 Å². The van der Waals surface area contributed by atoms with E-state index in [1.807, 2.05) is 27.7 Å². The molecule has 3 nitrogen and oxygen atoms in total. The van der Waals surface area contributed by atoms with Crippen molar-refractivity contribution >= 4 is 0 Å². The normalized spacial score (nSPS) is 12.0. The number of rotatable bonds is 18. The van der Waals surface area contributed by atoms with Gasteiger partial charge in [-0.3, -0.25) is 9.68 Å². The smallest absolute Gasteiger partial charge is 0.0763 e. The lowest BCUT2D eigenvalue weighted by molar-refractivity contribution is -0.394. The van der Waals surface area contributed by atoms with E-state index in [1.165, 1.54) is 77.0 Å². The van der Waals surface area contributed by atoms with Gasteiger partial charge in [0.2, 0.25) is 0 Å². The zero-order valence-corrected chi connectivity index (χ0v) is 17.3. The Morgan fingerprint density at radius 2 is 0.875 bits per heavy atom. The van der Waals surface area contributed by atoms with E-state index in [4.69, 9.17) is 9.68 Å². The largest absolute Gasteiger partial charge is 0.271 e. The lowest BCUT2D eigenvalue weighted by atomic mass is 10.0. The average Bonchev–Trinajstić information content (AvgIpc) is 2.50. The Hall–Kier alpha value is -0.120. The molecule has 0 atom stereocenters. The van der Waals surface area contributed by atoms with Crippen molar-refractivity contribution in [3.05, 3.63) is 0 Å². The third kappa shape index (κ3) is 18.2. The van der Waals surface area contributed by atoms with Crippen molar-refractivity contribution in [3.8, 4) is 0 Å². The Balaban J connectivity index is 3.36. The predicted octanol–water partition coefficient (Wildman–Crippen LogP) is 7.06. The fourth-order valence-electron chi connectivity index (χ4n) is 2.86. The van der Waals surface area contributed by atoms with Gasteiger partial charge in [-0.05, 0) is 34.1 Å². The first-order valence-electron chi connectivity index (χ1n) is 10.7. The van der Waals surface area contributed by atoms with E-state index in [0.717, 1.165) is 13.0 Å². The zero-order valence-electron chi connectivity index (χ0n) is 17.3. The summed E-state index contributed by atoms with van der Waals surface area (Å²) in [5, 5.41) is 1.69. The molecule has 146 valence electrons. The second-order valence-electron chi connectivity index (χ2n) is 7.61. The molecule has 0 radical (unpaired) electrons. The SMILES string of the molecule is CCCCCCCCCCCCCCCN(OC(C)C)OC(C)C. The molecule has 3 heteroatoms. The number of hydrogen-bond acceptors (Lipinski definition) is 3. The molecule has 0 saturated carbocycles. The Labute approximate surface area is 152 Å². The Kier molecular flexibility index (Phi) is 17.6. The van der Waals surface area contributed by atoms with Crippen LogP contribution in [0.2, 0.25) is 0 Å². The standard InChI is InChI=1S/C21H45NO2/c1-6-7-8-9-10-11-12-13-14-15-16-17-18-19-22(23-20(2)3)24-21(4)5/h20-21H,6-19H2,1-5H3. The van der Waals surface area contributed by atoms with Crippen LogP contribution in [0, 0.1) is 0 Å². The maximum Gasteiger partial charge on any atom is 0.0763 e. The first kappa shape index (κ1) is 23.9. The van der Waals surface area contributed by atoms with E-state index >= 15 is 0 Å². The van der Waals surface area contributed by atoms with Gasteiger partial charge in [0, 0.05) is 0 Å². The van der Waals surface area contributed by atoms with Crippen molar-refractivity contribution in [1.82, 2.24) is 5.23 Å². The molecule has 0 rings (SSSR count). The third-order valence-corrected chi connectivity index (χ3v) is 4.10. The van der Waals surface area contributed by atoms with E-state index in [2.05, 4.69) is 6.92 Å². The summed E-state index contributed by atoms with van der Waals surface area (Å²) in [6.45, 7) is 11.3. The number of hydroxylamine groups is 2. The van der Waals surface area contributed by atoms with Crippen LogP contribution in [0.25, 0.3) is 0 Å². The Morgan fingerprint density at radius 1 is 0.542 bits per heavy atom. The van der Waals surface area contributed by atoms with Crippen LogP contribution in [0.5, 0.6) is 0 Å². The van der Waals surface area contributed by atoms with Crippen LogP contribution >= 0.6 is 0 Å². The molecule has 0 aromatic carbocycles. The number of nitrogens with zero attached hydrogens (tertiary/aromatic N) is 1.